The average Bonchev–Trinajstić information content (AvgIpc) is 2.26. The lowest BCUT2D eigenvalue weighted by atomic mass is 10.0. The number of alkyl halides is 1. The molecule has 4 N–H and O–H groups in total. The zero-order valence-corrected chi connectivity index (χ0v) is 10.5. The standard InChI is InChI=1S/C11H13BrN2O2/c1-2-9(12)6-3-4-7(10(13)15)8(5-6)11(14)16/h3-5,9H,2H2,1H3,(H2,13,15)(H2,14,16). The maximum Gasteiger partial charge on any atom is 0.249 e. The van der Waals surface area contributed by atoms with Crippen LogP contribution in [0.1, 0.15) is 44.5 Å². The molecule has 0 aliphatic carbocycles. The lowest BCUT2D eigenvalue weighted by Gasteiger charge is -2.10. The van der Waals surface area contributed by atoms with E-state index in [0.717, 1.165) is 12.0 Å². The van der Waals surface area contributed by atoms with Crippen LogP contribution in [-0.2, 0) is 0 Å². The summed E-state index contributed by atoms with van der Waals surface area (Å²) >= 11 is 3.46. The molecule has 0 bridgehead atoms. The normalized spacial score (nSPS) is 12.1. The molecule has 5 heteroatoms. The predicted octanol–water partition coefficient (Wildman–Crippen LogP) is 1.73. The molecule has 4 nitrogen and oxygen atoms in total. The van der Waals surface area contributed by atoms with Gasteiger partial charge in [-0.3, -0.25) is 9.59 Å². The van der Waals surface area contributed by atoms with E-state index in [-0.39, 0.29) is 16.0 Å². The molecular weight excluding hydrogens is 272 g/mol. The molecule has 1 aromatic carbocycles. The van der Waals surface area contributed by atoms with Crippen molar-refractivity contribution in [1.82, 2.24) is 0 Å². The minimum atomic E-state index is -0.650. The van der Waals surface area contributed by atoms with E-state index in [1.807, 2.05) is 6.92 Å². The first kappa shape index (κ1) is 12.7. The molecule has 0 spiro atoms. The highest BCUT2D eigenvalue weighted by Gasteiger charge is 2.15. The summed E-state index contributed by atoms with van der Waals surface area (Å²) in [6.07, 6.45) is 0.869. The SMILES string of the molecule is CCC(Br)c1ccc(C(N)=O)c(C(N)=O)c1. The first-order valence-corrected chi connectivity index (χ1v) is 5.76. The number of primary amides is 2. The third-order valence-corrected chi connectivity index (χ3v) is 3.47. The van der Waals surface area contributed by atoms with Gasteiger partial charge in [-0.15, -0.1) is 0 Å². The summed E-state index contributed by atoms with van der Waals surface area (Å²) in [4.78, 5) is 22.4. The van der Waals surface area contributed by atoms with Crippen LogP contribution in [0.15, 0.2) is 18.2 Å². The molecule has 1 unspecified atom stereocenters. The van der Waals surface area contributed by atoms with Gasteiger partial charge in [0.05, 0.1) is 11.1 Å². The van der Waals surface area contributed by atoms with Crippen LogP contribution in [-0.4, -0.2) is 11.8 Å². The molecule has 86 valence electrons. The number of hydrogen-bond acceptors (Lipinski definition) is 2. The molecular formula is C11H13BrN2O2. The summed E-state index contributed by atoms with van der Waals surface area (Å²) in [6.45, 7) is 2.01. The van der Waals surface area contributed by atoms with Gasteiger partial charge in [-0.05, 0) is 24.1 Å². The number of nitrogens with two attached hydrogens (primary N) is 2. The van der Waals surface area contributed by atoms with Gasteiger partial charge in [0.25, 0.3) is 0 Å². The largest absolute Gasteiger partial charge is 0.366 e. The first-order chi connectivity index (χ1) is 7.47. The van der Waals surface area contributed by atoms with Crippen molar-refractivity contribution < 1.29 is 9.59 Å². The Morgan fingerprint density at radius 2 is 1.81 bits per heavy atom. The summed E-state index contributed by atoms with van der Waals surface area (Å²) < 4.78 is 0. The van der Waals surface area contributed by atoms with Gasteiger partial charge >= 0.3 is 0 Å². The highest BCUT2D eigenvalue weighted by molar-refractivity contribution is 9.09. The van der Waals surface area contributed by atoms with Crippen molar-refractivity contribution in [2.45, 2.75) is 18.2 Å². The predicted molar refractivity (Wildman–Crippen MR) is 65.4 cm³/mol. The van der Waals surface area contributed by atoms with Crippen molar-refractivity contribution in [3.05, 3.63) is 34.9 Å². The van der Waals surface area contributed by atoms with Crippen molar-refractivity contribution in [2.75, 3.05) is 0 Å². The average molecular weight is 285 g/mol. The van der Waals surface area contributed by atoms with Gasteiger partial charge in [-0.2, -0.15) is 0 Å². The number of carbonyl (C=O) groups excluding carboxylic acids is 2. The zero-order valence-electron chi connectivity index (χ0n) is 8.87. The van der Waals surface area contributed by atoms with Crippen LogP contribution >= 0.6 is 15.9 Å². The molecule has 0 fully saturated rings. The van der Waals surface area contributed by atoms with E-state index in [2.05, 4.69) is 15.9 Å². The Morgan fingerprint density at radius 1 is 1.25 bits per heavy atom. The minimum absolute atomic E-state index is 0.132. The number of benzene rings is 1. The summed E-state index contributed by atoms with van der Waals surface area (Å²) in [5.41, 5.74) is 11.6. The number of hydrogen-bond donors (Lipinski definition) is 2. The Labute approximate surface area is 102 Å². The Balaban J connectivity index is 3.28. The van der Waals surface area contributed by atoms with Crippen molar-refractivity contribution in [3.63, 3.8) is 0 Å². The van der Waals surface area contributed by atoms with Crippen molar-refractivity contribution in [2.24, 2.45) is 11.5 Å². The van der Waals surface area contributed by atoms with Crippen molar-refractivity contribution in [3.8, 4) is 0 Å². The Kier molecular flexibility index (Phi) is 4.06. The molecule has 2 amide bonds. The van der Waals surface area contributed by atoms with Crippen LogP contribution in [0.3, 0.4) is 0 Å². The zero-order chi connectivity index (χ0) is 12.3. The van der Waals surface area contributed by atoms with Crippen LogP contribution in [0, 0.1) is 0 Å². The maximum atomic E-state index is 11.2. The number of rotatable bonds is 4. The van der Waals surface area contributed by atoms with E-state index >= 15 is 0 Å². The van der Waals surface area contributed by atoms with Gasteiger partial charge in [-0.1, -0.05) is 28.9 Å². The maximum absolute atomic E-state index is 11.2. The van der Waals surface area contributed by atoms with Crippen LogP contribution in [0.5, 0.6) is 0 Å². The fourth-order valence-corrected chi connectivity index (χ4v) is 1.70. The van der Waals surface area contributed by atoms with Crippen molar-refractivity contribution >= 4 is 27.7 Å². The Hall–Kier alpha value is -1.36. The molecule has 0 heterocycles. The Bertz CT molecular complexity index is 432. The fourth-order valence-electron chi connectivity index (χ4n) is 1.41. The van der Waals surface area contributed by atoms with Crippen LogP contribution in [0.25, 0.3) is 0 Å². The smallest absolute Gasteiger partial charge is 0.249 e. The quantitative estimate of drug-likeness (QED) is 0.825. The topological polar surface area (TPSA) is 86.2 Å². The van der Waals surface area contributed by atoms with Gasteiger partial charge in [0.2, 0.25) is 11.8 Å². The van der Waals surface area contributed by atoms with Crippen molar-refractivity contribution in [1.29, 1.82) is 0 Å². The third-order valence-electron chi connectivity index (χ3n) is 2.29. The molecule has 0 saturated heterocycles. The van der Waals surface area contributed by atoms with Gasteiger partial charge in [0.15, 0.2) is 0 Å². The van der Waals surface area contributed by atoms with E-state index in [4.69, 9.17) is 11.5 Å². The summed E-state index contributed by atoms with van der Waals surface area (Å²) in [7, 11) is 0. The second-order valence-corrected chi connectivity index (χ2v) is 4.51. The molecule has 0 aromatic heterocycles. The third kappa shape index (κ3) is 2.61. The molecule has 1 rings (SSSR count). The molecule has 1 atom stereocenters. The highest BCUT2D eigenvalue weighted by Crippen LogP contribution is 2.27. The summed E-state index contributed by atoms with van der Waals surface area (Å²) in [5, 5.41) is 0. The molecule has 0 radical (unpaired) electrons. The summed E-state index contributed by atoms with van der Waals surface area (Å²) in [6, 6.07) is 4.89. The summed E-state index contributed by atoms with van der Waals surface area (Å²) in [5.74, 6) is -1.30. The van der Waals surface area contributed by atoms with Crippen LogP contribution in [0.2, 0.25) is 0 Å². The van der Waals surface area contributed by atoms with E-state index in [1.54, 1.807) is 12.1 Å². The van der Waals surface area contributed by atoms with Gasteiger partial charge in [0.1, 0.15) is 0 Å². The molecule has 16 heavy (non-hydrogen) atoms. The highest BCUT2D eigenvalue weighted by atomic mass is 79.9. The molecule has 1 aromatic rings. The van der Waals surface area contributed by atoms with Gasteiger partial charge in [-0.25, -0.2) is 0 Å². The second-order valence-electron chi connectivity index (χ2n) is 3.41. The molecule has 0 aliphatic heterocycles. The number of carbonyl (C=O) groups is 2. The lowest BCUT2D eigenvalue weighted by Crippen LogP contribution is -2.20. The lowest BCUT2D eigenvalue weighted by molar-refractivity contribution is 0.0967. The Morgan fingerprint density at radius 3 is 2.25 bits per heavy atom. The fraction of sp³-hybridized carbons (Fsp3) is 0.273. The van der Waals surface area contributed by atoms with E-state index in [1.165, 1.54) is 6.07 Å². The molecule has 0 aliphatic rings. The number of amides is 2. The first-order valence-electron chi connectivity index (χ1n) is 4.85. The second kappa shape index (κ2) is 5.12. The monoisotopic (exact) mass is 284 g/mol. The van der Waals surface area contributed by atoms with E-state index in [9.17, 15) is 9.59 Å². The van der Waals surface area contributed by atoms with Gasteiger partial charge < -0.3 is 11.5 Å². The molecule has 0 saturated carbocycles. The number of halogens is 1. The van der Waals surface area contributed by atoms with Crippen LogP contribution in [0.4, 0.5) is 0 Å². The minimum Gasteiger partial charge on any atom is -0.366 e. The van der Waals surface area contributed by atoms with Gasteiger partial charge in [0, 0.05) is 4.83 Å². The van der Waals surface area contributed by atoms with Crippen LogP contribution < -0.4 is 11.5 Å². The van der Waals surface area contributed by atoms with E-state index < -0.39 is 11.8 Å². The van der Waals surface area contributed by atoms with E-state index in [0.29, 0.717) is 0 Å².